The van der Waals surface area contributed by atoms with E-state index in [2.05, 4.69) is 17.4 Å². The van der Waals surface area contributed by atoms with Crippen LogP contribution < -0.4 is 5.32 Å². The van der Waals surface area contributed by atoms with Crippen molar-refractivity contribution in [3.05, 3.63) is 35.4 Å². The molecule has 2 rings (SSSR count). The summed E-state index contributed by atoms with van der Waals surface area (Å²) in [5, 5.41) is 3.28. The second-order valence-electron chi connectivity index (χ2n) is 6.32. The fourth-order valence-corrected chi connectivity index (χ4v) is 2.00. The van der Waals surface area contributed by atoms with E-state index in [1.165, 1.54) is 5.56 Å². The highest BCUT2D eigenvalue weighted by atomic mass is 16.5. The van der Waals surface area contributed by atoms with Crippen molar-refractivity contribution >= 4 is 5.97 Å². The molecule has 1 aliphatic heterocycles. The van der Waals surface area contributed by atoms with Gasteiger partial charge in [-0.2, -0.15) is 0 Å². The third kappa shape index (κ3) is 3.35. The van der Waals surface area contributed by atoms with Crippen molar-refractivity contribution in [1.29, 1.82) is 0 Å². The highest BCUT2D eigenvalue weighted by Crippen LogP contribution is 2.26. The number of esters is 1. The minimum atomic E-state index is -0.455. The largest absolute Gasteiger partial charge is 0.457 e. The average Bonchev–Trinajstić information content (AvgIpc) is 2.25. The summed E-state index contributed by atoms with van der Waals surface area (Å²) in [5.74, 6) is 0.446. The predicted octanol–water partition coefficient (Wildman–Crippen LogP) is 3.02. The van der Waals surface area contributed by atoms with Crippen LogP contribution in [0.5, 0.6) is 0 Å². The molecule has 0 radical (unpaired) electrons. The van der Waals surface area contributed by atoms with E-state index in [1.807, 2.05) is 39.8 Å². The molecule has 1 atom stereocenters. The fourth-order valence-electron chi connectivity index (χ4n) is 2.00. The van der Waals surface area contributed by atoms with Gasteiger partial charge in [0.1, 0.15) is 6.10 Å². The second kappa shape index (κ2) is 5.33. The molecule has 0 saturated carbocycles. The monoisotopic (exact) mass is 261 g/mol. The number of hydrogen-bond acceptors (Lipinski definition) is 3. The summed E-state index contributed by atoms with van der Waals surface area (Å²) in [6, 6.07) is 8.38. The van der Waals surface area contributed by atoms with Gasteiger partial charge in [0.15, 0.2) is 0 Å². The molecule has 1 saturated heterocycles. The molecule has 104 valence electrons. The van der Waals surface area contributed by atoms with E-state index >= 15 is 0 Å². The number of hydrogen-bond donors (Lipinski definition) is 1. The summed E-state index contributed by atoms with van der Waals surface area (Å²) in [7, 11) is 0. The van der Waals surface area contributed by atoms with E-state index < -0.39 is 5.41 Å². The summed E-state index contributed by atoms with van der Waals surface area (Å²) in [4.78, 5) is 11.9. The molecule has 0 bridgehead atoms. The van der Waals surface area contributed by atoms with Gasteiger partial charge in [0.05, 0.1) is 5.41 Å². The van der Waals surface area contributed by atoms with Gasteiger partial charge in [-0.05, 0) is 38.8 Å². The van der Waals surface area contributed by atoms with Crippen LogP contribution in [-0.4, -0.2) is 19.1 Å². The Kier molecular flexibility index (Phi) is 3.95. The lowest BCUT2D eigenvalue weighted by atomic mass is 9.91. The van der Waals surface area contributed by atoms with E-state index in [4.69, 9.17) is 4.74 Å². The van der Waals surface area contributed by atoms with Crippen molar-refractivity contribution in [3.63, 3.8) is 0 Å². The van der Waals surface area contributed by atoms with Crippen LogP contribution in [0.3, 0.4) is 0 Å². The van der Waals surface area contributed by atoms with Crippen LogP contribution >= 0.6 is 0 Å². The van der Waals surface area contributed by atoms with Crippen molar-refractivity contribution < 1.29 is 9.53 Å². The predicted molar refractivity (Wildman–Crippen MR) is 76.0 cm³/mol. The van der Waals surface area contributed by atoms with Gasteiger partial charge >= 0.3 is 5.97 Å². The Morgan fingerprint density at radius 3 is 2.58 bits per heavy atom. The molecule has 0 aromatic heterocycles. The van der Waals surface area contributed by atoms with Crippen LogP contribution in [-0.2, 0) is 9.53 Å². The molecule has 0 amide bonds. The Hall–Kier alpha value is -1.35. The van der Waals surface area contributed by atoms with E-state index in [9.17, 15) is 4.79 Å². The SMILES string of the molecule is CC(OC(=O)C(C)(C)C)c1cccc(C2CNC2)c1. The van der Waals surface area contributed by atoms with E-state index in [0.717, 1.165) is 18.7 Å². The zero-order valence-corrected chi connectivity index (χ0v) is 12.2. The van der Waals surface area contributed by atoms with Gasteiger partial charge in [0.2, 0.25) is 0 Å². The van der Waals surface area contributed by atoms with Crippen molar-refractivity contribution in [1.82, 2.24) is 5.32 Å². The lowest BCUT2D eigenvalue weighted by molar-refractivity contribution is -0.158. The highest BCUT2D eigenvalue weighted by molar-refractivity contribution is 5.75. The lowest BCUT2D eigenvalue weighted by Crippen LogP contribution is -2.39. The van der Waals surface area contributed by atoms with Crippen LogP contribution in [0.15, 0.2) is 24.3 Å². The summed E-state index contributed by atoms with van der Waals surface area (Å²) in [6.45, 7) is 9.64. The maximum Gasteiger partial charge on any atom is 0.311 e. The van der Waals surface area contributed by atoms with Gasteiger partial charge in [-0.15, -0.1) is 0 Å². The Labute approximate surface area is 115 Å². The number of carbonyl (C=O) groups excluding carboxylic acids is 1. The quantitative estimate of drug-likeness (QED) is 0.850. The smallest absolute Gasteiger partial charge is 0.311 e. The van der Waals surface area contributed by atoms with E-state index in [1.54, 1.807) is 0 Å². The molecule has 1 aliphatic rings. The molecule has 0 aliphatic carbocycles. The van der Waals surface area contributed by atoms with Crippen LogP contribution in [0.4, 0.5) is 0 Å². The van der Waals surface area contributed by atoms with Crippen LogP contribution in [0.2, 0.25) is 0 Å². The molecule has 3 nitrogen and oxygen atoms in total. The summed E-state index contributed by atoms with van der Waals surface area (Å²) < 4.78 is 5.53. The average molecular weight is 261 g/mol. The van der Waals surface area contributed by atoms with Gasteiger partial charge < -0.3 is 10.1 Å². The molecular weight excluding hydrogens is 238 g/mol. The first-order valence-corrected chi connectivity index (χ1v) is 6.89. The second-order valence-corrected chi connectivity index (χ2v) is 6.32. The number of nitrogens with one attached hydrogen (secondary N) is 1. The van der Waals surface area contributed by atoms with Crippen molar-refractivity contribution in [2.75, 3.05) is 13.1 Å². The van der Waals surface area contributed by atoms with E-state index in [-0.39, 0.29) is 12.1 Å². The highest BCUT2D eigenvalue weighted by Gasteiger charge is 2.26. The summed E-state index contributed by atoms with van der Waals surface area (Å²) in [5.41, 5.74) is 1.95. The molecule has 1 aromatic carbocycles. The van der Waals surface area contributed by atoms with Crippen LogP contribution in [0, 0.1) is 5.41 Å². The Balaban J connectivity index is 2.06. The molecule has 19 heavy (non-hydrogen) atoms. The first-order chi connectivity index (χ1) is 8.88. The molecule has 1 fully saturated rings. The van der Waals surface area contributed by atoms with Crippen molar-refractivity contribution in [2.24, 2.45) is 5.41 Å². The zero-order valence-electron chi connectivity index (χ0n) is 12.2. The Morgan fingerprint density at radius 2 is 2.05 bits per heavy atom. The first-order valence-electron chi connectivity index (χ1n) is 6.89. The molecule has 1 N–H and O–H groups in total. The first kappa shape index (κ1) is 14.1. The number of ether oxygens (including phenoxy) is 1. The lowest BCUT2D eigenvalue weighted by Gasteiger charge is -2.28. The minimum absolute atomic E-state index is 0.157. The normalized spacial score (nSPS) is 17.7. The topological polar surface area (TPSA) is 38.3 Å². The fraction of sp³-hybridized carbons (Fsp3) is 0.562. The van der Waals surface area contributed by atoms with Gasteiger partial charge in [-0.3, -0.25) is 4.79 Å². The Bertz CT molecular complexity index is 458. The third-order valence-corrected chi connectivity index (χ3v) is 3.53. The summed E-state index contributed by atoms with van der Waals surface area (Å²) >= 11 is 0. The van der Waals surface area contributed by atoms with Gasteiger partial charge in [-0.25, -0.2) is 0 Å². The number of carbonyl (C=O) groups is 1. The Morgan fingerprint density at radius 1 is 1.37 bits per heavy atom. The molecule has 1 heterocycles. The maximum atomic E-state index is 11.9. The van der Waals surface area contributed by atoms with Crippen LogP contribution in [0.1, 0.15) is 50.8 Å². The van der Waals surface area contributed by atoms with Crippen LogP contribution in [0.25, 0.3) is 0 Å². The maximum absolute atomic E-state index is 11.9. The molecule has 0 spiro atoms. The van der Waals surface area contributed by atoms with Gasteiger partial charge in [0, 0.05) is 19.0 Å². The molecular formula is C16H23NO2. The minimum Gasteiger partial charge on any atom is -0.457 e. The van der Waals surface area contributed by atoms with Crippen molar-refractivity contribution in [3.8, 4) is 0 Å². The van der Waals surface area contributed by atoms with Gasteiger partial charge in [-0.1, -0.05) is 24.3 Å². The number of benzene rings is 1. The van der Waals surface area contributed by atoms with Gasteiger partial charge in [0.25, 0.3) is 0 Å². The third-order valence-electron chi connectivity index (χ3n) is 3.53. The zero-order chi connectivity index (χ0) is 14.0. The molecule has 1 unspecified atom stereocenters. The van der Waals surface area contributed by atoms with Crippen molar-refractivity contribution in [2.45, 2.75) is 39.7 Å². The summed E-state index contributed by atoms with van der Waals surface area (Å²) in [6.07, 6.45) is -0.195. The number of rotatable bonds is 3. The van der Waals surface area contributed by atoms with E-state index in [0.29, 0.717) is 5.92 Å². The molecule has 1 aromatic rings. The standard InChI is InChI=1S/C16H23NO2/c1-11(19-15(18)16(2,3)4)12-6-5-7-13(8-12)14-9-17-10-14/h5-8,11,14,17H,9-10H2,1-4H3. The molecule has 3 heteroatoms.